The molecular weight excluding hydrogens is 512 g/mol. The lowest BCUT2D eigenvalue weighted by molar-refractivity contribution is -0.140. The monoisotopic (exact) mass is 553 g/mol. The van der Waals surface area contributed by atoms with Gasteiger partial charge in [-0.15, -0.1) is 0 Å². The molecule has 4 rings (SSSR count). The molecule has 2 aliphatic carbocycles. The van der Waals surface area contributed by atoms with E-state index in [1.165, 1.54) is 0 Å². The van der Waals surface area contributed by atoms with Gasteiger partial charge in [0.2, 0.25) is 0 Å². The minimum atomic E-state index is -0.845. The Morgan fingerprint density at radius 2 is 1.95 bits per heavy atom. The van der Waals surface area contributed by atoms with Crippen molar-refractivity contribution < 1.29 is 23.1 Å². The van der Waals surface area contributed by atoms with Gasteiger partial charge in [-0.3, -0.25) is 14.6 Å². The Morgan fingerprint density at radius 1 is 1.15 bits per heavy atom. The number of nitrogens with two attached hydrogens (primary N) is 1. The van der Waals surface area contributed by atoms with Crippen molar-refractivity contribution in [2.24, 2.45) is 10.7 Å². The normalized spacial score (nSPS) is 27.1. The van der Waals surface area contributed by atoms with Gasteiger partial charge in [-0.25, -0.2) is 8.78 Å². The number of benzene rings is 1. The van der Waals surface area contributed by atoms with Crippen molar-refractivity contribution in [2.75, 3.05) is 19.6 Å². The molecule has 8 heteroatoms. The van der Waals surface area contributed by atoms with Crippen LogP contribution in [0.15, 0.2) is 46.6 Å². The standard InChI is InChI=1S/C32H41F2N3O3/c1-4-22-14-15-27(33)30(34)29(22)23-9-6-8-21(12-13-23)16-24(38)17-36-28-11-7-10-26(28)31(35)32(39)37-18-20(3)40-25(5-2)19-37/h4,14-16,20,23,25H,1,5-13,17-19,35H2,2-3H3/b21-16-,31-26-,36-28?/t20?,23?,25-/m0/s1. The first-order valence-corrected chi connectivity index (χ1v) is 14.5. The maximum absolute atomic E-state index is 14.7. The Hall–Kier alpha value is -3.13. The fourth-order valence-electron chi connectivity index (χ4n) is 6.19. The first kappa shape index (κ1) is 29.8. The summed E-state index contributed by atoms with van der Waals surface area (Å²) in [6.45, 7) is 8.77. The number of nitrogens with zero attached hydrogens (tertiary/aromatic N) is 2. The third-order valence-corrected chi connectivity index (χ3v) is 8.26. The minimum Gasteiger partial charge on any atom is -0.394 e. The number of amides is 1. The molecule has 216 valence electrons. The van der Waals surface area contributed by atoms with Crippen LogP contribution in [-0.4, -0.2) is 54.1 Å². The van der Waals surface area contributed by atoms with Crippen LogP contribution >= 0.6 is 0 Å². The SMILES string of the molecule is C=Cc1ccc(F)c(F)c1C1CCC/C(=C/C(=O)CN=C2CCC/C2=C(/N)C(=O)N2CC(C)O[C@@H](CC)C2)CC1. The van der Waals surface area contributed by atoms with Gasteiger partial charge in [-0.05, 0) is 88.3 Å². The van der Waals surface area contributed by atoms with E-state index in [0.717, 1.165) is 55.0 Å². The van der Waals surface area contributed by atoms with Crippen LogP contribution in [0.5, 0.6) is 0 Å². The third kappa shape index (κ3) is 6.95. The molecule has 1 heterocycles. The number of ether oxygens (including phenoxy) is 1. The fourth-order valence-corrected chi connectivity index (χ4v) is 6.19. The number of hydrogen-bond donors (Lipinski definition) is 1. The molecule has 6 nitrogen and oxygen atoms in total. The van der Waals surface area contributed by atoms with E-state index in [1.807, 2.05) is 13.8 Å². The van der Waals surface area contributed by atoms with Crippen LogP contribution in [0, 0.1) is 11.6 Å². The molecule has 0 radical (unpaired) electrons. The number of rotatable bonds is 7. The topological polar surface area (TPSA) is 85.0 Å². The maximum atomic E-state index is 14.7. The lowest BCUT2D eigenvalue weighted by Gasteiger charge is -2.36. The van der Waals surface area contributed by atoms with Crippen molar-refractivity contribution in [3.8, 4) is 0 Å². The molecule has 1 aliphatic heterocycles. The van der Waals surface area contributed by atoms with Gasteiger partial charge in [0.05, 0.1) is 12.2 Å². The maximum Gasteiger partial charge on any atom is 0.270 e. The third-order valence-electron chi connectivity index (χ3n) is 8.26. The number of halogens is 2. The van der Waals surface area contributed by atoms with Crippen LogP contribution < -0.4 is 5.73 Å². The second-order valence-electron chi connectivity index (χ2n) is 11.2. The molecule has 1 aromatic rings. The van der Waals surface area contributed by atoms with E-state index in [-0.39, 0.29) is 42.1 Å². The van der Waals surface area contributed by atoms with E-state index in [2.05, 4.69) is 11.6 Å². The smallest absolute Gasteiger partial charge is 0.270 e. The van der Waals surface area contributed by atoms with E-state index >= 15 is 0 Å². The van der Waals surface area contributed by atoms with E-state index in [0.29, 0.717) is 49.9 Å². The van der Waals surface area contributed by atoms with Crippen molar-refractivity contribution >= 4 is 23.5 Å². The number of hydrogen-bond acceptors (Lipinski definition) is 5. The molecule has 1 aromatic carbocycles. The molecule has 2 N–H and O–H groups in total. The highest BCUT2D eigenvalue weighted by Crippen LogP contribution is 2.37. The van der Waals surface area contributed by atoms with E-state index in [4.69, 9.17) is 10.5 Å². The van der Waals surface area contributed by atoms with Gasteiger partial charge < -0.3 is 15.4 Å². The second kappa shape index (κ2) is 13.5. The first-order valence-electron chi connectivity index (χ1n) is 14.5. The molecule has 2 saturated carbocycles. The van der Waals surface area contributed by atoms with Crippen molar-refractivity contribution in [2.45, 2.75) is 89.8 Å². The summed E-state index contributed by atoms with van der Waals surface area (Å²) in [5.74, 6) is -2.06. The van der Waals surface area contributed by atoms with Gasteiger partial charge in [-0.2, -0.15) is 0 Å². The number of morpholine rings is 1. The molecule has 0 bridgehead atoms. The van der Waals surface area contributed by atoms with Crippen molar-refractivity contribution in [1.29, 1.82) is 0 Å². The van der Waals surface area contributed by atoms with Crippen LogP contribution in [0.3, 0.4) is 0 Å². The van der Waals surface area contributed by atoms with E-state index < -0.39 is 11.6 Å². The number of carbonyl (C=O) groups is 2. The molecule has 2 unspecified atom stereocenters. The van der Waals surface area contributed by atoms with Crippen molar-refractivity contribution in [3.63, 3.8) is 0 Å². The molecule has 3 atom stereocenters. The van der Waals surface area contributed by atoms with Gasteiger partial charge in [0.25, 0.3) is 5.91 Å². The van der Waals surface area contributed by atoms with Crippen LogP contribution in [-0.2, 0) is 14.3 Å². The highest BCUT2D eigenvalue weighted by Gasteiger charge is 2.31. The van der Waals surface area contributed by atoms with Crippen LogP contribution in [0.25, 0.3) is 6.08 Å². The quantitative estimate of drug-likeness (QED) is 0.331. The Labute approximate surface area is 236 Å². The number of carbonyl (C=O) groups excluding carboxylic acids is 2. The van der Waals surface area contributed by atoms with E-state index in [9.17, 15) is 18.4 Å². The predicted molar refractivity (Wildman–Crippen MR) is 154 cm³/mol. The molecule has 0 aromatic heterocycles. The number of ketones is 1. The summed E-state index contributed by atoms with van der Waals surface area (Å²) in [6, 6.07) is 2.71. The Kier molecular flexibility index (Phi) is 10.1. The van der Waals surface area contributed by atoms with Crippen LogP contribution in [0.2, 0.25) is 0 Å². The molecule has 0 spiro atoms. The molecule has 1 amide bonds. The van der Waals surface area contributed by atoms with E-state index in [1.54, 1.807) is 23.1 Å². The summed E-state index contributed by atoms with van der Waals surface area (Å²) in [5, 5.41) is 0. The van der Waals surface area contributed by atoms with Gasteiger partial charge in [-0.1, -0.05) is 31.2 Å². The van der Waals surface area contributed by atoms with Gasteiger partial charge >= 0.3 is 0 Å². The average molecular weight is 554 g/mol. The lowest BCUT2D eigenvalue weighted by atomic mass is 9.87. The average Bonchev–Trinajstić information content (AvgIpc) is 3.31. The lowest BCUT2D eigenvalue weighted by Crippen LogP contribution is -2.50. The Bertz CT molecular complexity index is 1240. The zero-order valence-corrected chi connectivity index (χ0v) is 23.7. The Balaban J connectivity index is 1.40. The van der Waals surface area contributed by atoms with Crippen LogP contribution in [0.4, 0.5) is 8.78 Å². The van der Waals surface area contributed by atoms with Crippen molar-refractivity contribution in [1.82, 2.24) is 4.90 Å². The summed E-state index contributed by atoms with van der Waals surface area (Å²) in [7, 11) is 0. The summed E-state index contributed by atoms with van der Waals surface area (Å²) >= 11 is 0. The van der Waals surface area contributed by atoms with Gasteiger partial charge in [0.15, 0.2) is 17.4 Å². The molecule has 40 heavy (non-hydrogen) atoms. The molecular formula is C32H41F2N3O3. The summed E-state index contributed by atoms with van der Waals surface area (Å²) in [4.78, 5) is 32.4. The fraction of sp³-hybridized carbons (Fsp3) is 0.531. The Morgan fingerprint density at radius 3 is 2.70 bits per heavy atom. The summed E-state index contributed by atoms with van der Waals surface area (Å²) in [5.41, 5.74) is 10.1. The number of allylic oxidation sites excluding steroid dienone is 2. The first-order chi connectivity index (χ1) is 19.2. The highest BCUT2D eigenvalue weighted by molar-refractivity contribution is 6.09. The summed E-state index contributed by atoms with van der Waals surface area (Å²) < 4.78 is 34.5. The number of aliphatic imine (C=N–C) groups is 1. The molecule has 3 aliphatic rings. The minimum absolute atomic E-state index is 0.00112. The predicted octanol–water partition coefficient (Wildman–Crippen LogP) is 6.01. The highest BCUT2D eigenvalue weighted by atomic mass is 19.2. The van der Waals surface area contributed by atoms with Gasteiger partial charge in [0, 0.05) is 29.9 Å². The summed E-state index contributed by atoms with van der Waals surface area (Å²) in [6.07, 6.45) is 9.75. The zero-order valence-electron chi connectivity index (χ0n) is 23.7. The second-order valence-corrected chi connectivity index (χ2v) is 11.2. The molecule has 1 saturated heterocycles. The van der Waals surface area contributed by atoms with Crippen molar-refractivity contribution in [3.05, 3.63) is 64.4 Å². The van der Waals surface area contributed by atoms with Crippen LogP contribution in [0.1, 0.15) is 88.7 Å². The largest absolute Gasteiger partial charge is 0.394 e. The zero-order chi connectivity index (χ0) is 28.8. The van der Waals surface area contributed by atoms with Gasteiger partial charge in [0.1, 0.15) is 12.2 Å². The molecule has 3 fully saturated rings.